The fourth-order valence-electron chi connectivity index (χ4n) is 5.96. The van der Waals surface area contributed by atoms with Crippen LogP contribution in [0.5, 0.6) is 6.01 Å². The van der Waals surface area contributed by atoms with E-state index in [2.05, 4.69) is 29.7 Å². The average Bonchev–Trinajstić information content (AvgIpc) is 3.89. The number of aliphatic hydroxyl groups excluding tert-OH is 1. The van der Waals surface area contributed by atoms with Crippen LogP contribution < -0.4 is 4.74 Å². The first-order chi connectivity index (χ1) is 24.1. The monoisotopic (exact) mass is 718 g/mol. The highest BCUT2D eigenvalue weighted by Gasteiger charge is 2.49. The highest BCUT2D eigenvalue weighted by atomic mass is 35.5. The Hall–Kier alpha value is -4.18. The van der Waals surface area contributed by atoms with Crippen LogP contribution in [0.4, 0.5) is 0 Å². The van der Waals surface area contributed by atoms with Gasteiger partial charge in [0, 0.05) is 37.6 Å². The van der Waals surface area contributed by atoms with Crippen LogP contribution in [-0.2, 0) is 36.9 Å². The lowest BCUT2D eigenvalue weighted by Gasteiger charge is -2.19. The van der Waals surface area contributed by atoms with Crippen molar-refractivity contribution in [3.63, 3.8) is 0 Å². The largest absolute Gasteiger partial charge is 0.469 e. The summed E-state index contributed by atoms with van der Waals surface area (Å²) >= 11 is 6.88. The third-order valence-corrected chi connectivity index (χ3v) is 10.8. The summed E-state index contributed by atoms with van der Waals surface area (Å²) in [4.78, 5) is 25.9. The molecule has 1 N–H and O–H groups in total. The zero-order chi connectivity index (χ0) is 35.0. The second-order valence-electron chi connectivity index (χ2n) is 13.7. The molecule has 7 rings (SSSR count). The van der Waals surface area contributed by atoms with Crippen LogP contribution in [0.1, 0.15) is 5.56 Å². The maximum Gasteiger partial charge on any atom is 0.310 e. The van der Waals surface area contributed by atoms with Gasteiger partial charge in [0.25, 0.3) is 0 Å². The van der Waals surface area contributed by atoms with Crippen molar-refractivity contribution < 1.29 is 33.6 Å². The first kappa shape index (κ1) is 34.3. The number of benzene rings is 1. The van der Waals surface area contributed by atoms with Crippen LogP contribution in [0, 0.1) is 0 Å². The number of aromatic nitrogens is 6. The molecule has 4 atom stereocenters. The van der Waals surface area contributed by atoms with Gasteiger partial charge >= 0.3 is 12.0 Å². The highest BCUT2D eigenvalue weighted by molar-refractivity contribution is 6.76. The van der Waals surface area contributed by atoms with Crippen LogP contribution in [0.15, 0.2) is 61.1 Å². The van der Waals surface area contributed by atoms with E-state index in [0.29, 0.717) is 34.5 Å². The molecule has 4 aromatic heterocycles. The minimum absolute atomic E-state index is 0.155. The number of halogens is 1. The molecule has 0 saturated carbocycles. The van der Waals surface area contributed by atoms with E-state index in [0.717, 1.165) is 34.1 Å². The first-order valence-electron chi connectivity index (χ1n) is 16.5. The maximum absolute atomic E-state index is 11.6. The minimum atomic E-state index is -1.29. The molecule has 0 amide bonds. The molecule has 2 fully saturated rings. The third-order valence-electron chi connectivity index (χ3n) is 8.79. The topological polar surface area (TPSA) is 145 Å². The number of carbonyl (C=O) groups excluding carboxylic acids is 1. The number of nitrogens with zero attached hydrogens (tertiary/aromatic N) is 6. The molecule has 262 valence electrons. The van der Waals surface area contributed by atoms with Crippen LogP contribution in [-0.4, -0.2) is 99.8 Å². The third kappa shape index (κ3) is 7.31. The van der Waals surface area contributed by atoms with Gasteiger partial charge in [-0.25, -0.2) is 9.67 Å². The minimum Gasteiger partial charge on any atom is -0.469 e. The molecule has 0 unspecified atom stereocenters. The Bertz CT molecular complexity index is 1980. The van der Waals surface area contributed by atoms with Gasteiger partial charge in [-0.1, -0.05) is 55.5 Å². The molecule has 13 nitrogen and oxygen atoms in total. The molecular weight excluding hydrogens is 680 g/mol. The summed E-state index contributed by atoms with van der Waals surface area (Å²) in [6.45, 7) is 8.24. The number of hydrogen-bond donors (Lipinski definition) is 1. The van der Waals surface area contributed by atoms with E-state index in [1.54, 1.807) is 23.3 Å². The predicted octanol–water partition coefficient (Wildman–Crippen LogP) is 4.93. The summed E-state index contributed by atoms with van der Waals surface area (Å²) in [5, 5.41) is 15.0. The lowest BCUT2D eigenvalue weighted by molar-refractivity contribution is -0.139. The number of carbonyl (C=O) groups is 1. The Morgan fingerprint density at radius 1 is 1.04 bits per heavy atom. The molecule has 0 spiro atoms. The smallest absolute Gasteiger partial charge is 0.310 e. The average molecular weight is 719 g/mol. The Labute approximate surface area is 295 Å². The summed E-state index contributed by atoms with van der Waals surface area (Å²) in [6, 6.07) is 14.8. The van der Waals surface area contributed by atoms with Crippen molar-refractivity contribution >= 4 is 36.8 Å². The van der Waals surface area contributed by atoms with Gasteiger partial charge in [0.2, 0.25) is 0 Å². The number of fused-ring (bicyclic) bond motifs is 2. The Morgan fingerprint density at radius 2 is 1.82 bits per heavy atom. The second-order valence-corrected chi connectivity index (χ2v) is 19.7. The van der Waals surface area contributed by atoms with Crippen molar-refractivity contribution in [3.05, 3.63) is 71.6 Å². The van der Waals surface area contributed by atoms with Gasteiger partial charge in [0.05, 0.1) is 66.8 Å². The van der Waals surface area contributed by atoms with Gasteiger partial charge in [0.15, 0.2) is 11.8 Å². The highest BCUT2D eigenvalue weighted by Crippen LogP contribution is 2.35. The molecule has 2 saturated heterocycles. The van der Waals surface area contributed by atoms with Crippen LogP contribution in [0.3, 0.4) is 0 Å². The zero-order valence-electron chi connectivity index (χ0n) is 28.3. The van der Waals surface area contributed by atoms with Crippen molar-refractivity contribution in [1.29, 1.82) is 0 Å². The Morgan fingerprint density at radius 3 is 2.56 bits per heavy atom. The van der Waals surface area contributed by atoms with Crippen molar-refractivity contribution in [2.24, 2.45) is 0 Å². The van der Waals surface area contributed by atoms with E-state index in [9.17, 15) is 9.90 Å². The molecule has 6 heterocycles. The Balaban J connectivity index is 1.11. The first-order valence-corrected chi connectivity index (χ1v) is 20.5. The van der Waals surface area contributed by atoms with E-state index in [4.69, 9.17) is 45.3 Å². The molecule has 2 aliphatic heterocycles. The summed E-state index contributed by atoms with van der Waals surface area (Å²) in [6.07, 6.45) is 3.36. The number of pyridine rings is 2. The Kier molecular flexibility index (Phi) is 9.74. The molecule has 0 bridgehead atoms. The van der Waals surface area contributed by atoms with Gasteiger partial charge < -0.3 is 28.8 Å². The fraction of sp³-hybridized carbons (Fsp3) is 0.400. The second kappa shape index (κ2) is 14.2. The lowest BCUT2D eigenvalue weighted by atomic mass is 10.1. The van der Waals surface area contributed by atoms with Crippen molar-refractivity contribution in [3.8, 4) is 34.2 Å². The number of ether oxygens (including phenoxy) is 5. The molecule has 2 aliphatic rings. The summed E-state index contributed by atoms with van der Waals surface area (Å²) in [5.74, 6) is -0.321. The van der Waals surface area contributed by atoms with Crippen molar-refractivity contribution in [1.82, 2.24) is 29.3 Å². The van der Waals surface area contributed by atoms with Crippen LogP contribution >= 0.6 is 11.6 Å². The van der Waals surface area contributed by atoms with Crippen LogP contribution in [0.2, 0.25) is 30.7 Å². The normalized spacial score (nSPS) is 20.4. The van der Waals surface area contributed by atoms with E-state index >= 15 is 0 Å². The quantitative estimate of drug-likeness (QED) is 0.106. The van der Waals surface area contributed by atoms with Crippen LogP contribution in [0.25, 0.3) is 39.4 Å². The van der Waals surface area contributed by atoms with Gasteiger partial charge in [-0.15, -0.1) is 0 Å². The van der Waals surface area contributed by atoms with Crippen molar-refractivity contribution in [2.75, 3.05) is 26.9 Å². The number of imidazole rings is 1. The van der Waals surface area contributed by atoms with Gasteiger partial charge in [-0.3, -0.25) is 14.3 Å². The van der Waals surface area contributed by atoms with E-state index < -0.39 is 26.4 Å². The molecule has 5 aromatic rings. The molecule has 1 aromatic carbocycles. The molecular formula is C35H39ClN6O7Si. The summed E-state index contributed by atoms with van der Waals surface area (Å²) in [5.41, 5.74) is 5.76. The van der Waals surface area contributed by atoms with E-state index in [1.165, 1.54) is 7.11 Å². The number of hydrogen-bond acceptors (Lipinski definition) is 11. The number of rotatable bonds is 12. The number of methoxy groups -OCH3 is 1. The summed E-state index contributed by atoms with van der Waals surface area (Å²) < 4.78 is 32.3. The molecule has 50 heavy (non-hydrogen) atoms. The molecule has 0 radical (unpaired) electrons. The summed E-state index contributed by atoms with van der Waals surface area (Å²) in [7, 11) is 0.0714. The lowest BCUT2D eigenvalue weighted by Crippen LogP contribution is -2.35. The van der Waals surface area contributed by atoms with Gasteiger partial charge in [-0.2, -0.15) is 10.1 Å². The zero-order valence-corrected chi connectivity index (χ0v) is 30.0. The molecule has 15 heteroatoms. The van der Waals surface area contributed by atoms with Gasteiger partial charge in [0.1, 0.15) is 25.0 Å². The number of aliphatic hydroxyl groups is 1. The predicted molar refractivity (Wildman–Crippen MR) is 188 cm³/mol. The maximum atomic E-state index is 11.6. The standard InChI is InChI=1S/C35H39ClN6O7Si/c1-45-30(44)13-21-15-38-42(17-21)24-9-10-26(37-16-24)22-5-7-23(8-6-22)31-25(36)14-27-34(39-31)40-35(41(27)20-46-11-12-50(2,3)4)49-29-19-48-32-28(43)18-47-33(29)32/h5-10,14-17,28-29,32-33,43H,11-13,18-20H2,1-4H3/t28-,29-,32-,33-/m1/s1. The van der Waals surface area contributed by atoms with Gasteiger partial charge in [-0.05, 0) is 24.2 Å². The fourth-order valence-corrected chi connectivity index (χ4v) is 6.97. The molecule has 0 aliphatic carbocycles. The van der Waals surface area contributed by atoms with E-state index in [1.807, 2.05) is 47.0 Å². The van der Waals surface area contributed by atoms with E-state index in [-0.39, 0.29) is 38.4 Å². The number of esters is 1. The van der Waals surface area contributed by atoms with Crippen molar-refractivity contribution in [2.45, 2.75) is 63.3 Å². The SMILES string of the molecule is COC(=O)Cc1cnn(-c2ccc(-c3ccc(-c4nc5nc(O[C@@H]6CO[C@H]7[C@@H]6OC[C@H]7O)n(COCC[Si](C)(C)C)c5cc4Cl)cc3)nc2)c1.